The third kappa shape index (κ3) is 3.43. The number of pyridine rings is 1. The van der Waals surface area contributed by atoms with E-state index in [0.29, 0.717) is 18.3 Å². The summed E-state index contributed by atoms with van der Waals surface area (Å²) in [6, 6.07) is 3.84. The van der Waals surface area contributed by atoms with Gasteiger partial charge in [0.1, 0.15) is 6.07 Å². The number of aromatic nitrogens is 1. The van der Waals surface area contributed by atoms with Gasteiger partial charge in [0.2, 0.25) is 0 Å². The molecular weight excluding hydrogens is 214 g/mol. The Morgan fingerprint density at radius 2 is 2.29 bits per heavy atom. The van der Waals surface area contributed by atoms with Gasteiger partial charge in [-0.2, -0.15) is 5.26 Å². The second-order valence-corrected chi connectivity index (χ2v) is 4.24. The Bertz CT molecular complexity index is 394. The van der Waals surface area contributed by atoms with Crippen molar-refractivity contribution < 1.29 is 4.74 Å². The Morgan fingerprint density at radius 3 is 3.06 bits per heavy atom. The van der Waals surface area contributed by atoms with Gasteiger partial charge in [-0.1, -0.05) is 12.8 Å². The van der Waals surface area contributed by atoms with Crippen LogP contribution >= 0.6 is 0 Å². The first-order valence-corrected chi connectivity index (χ1v) is 6.10. The number of rotatable bonds is 5. The fraction of sp³-hybridized carbons (Fsp3) is 0.538. The lowest BCUT2D eigenvalue weighted by molar-refractivity contribution is 0.0659. The predicted molar refractivity (Wildman–Crippen MR) is 65.6 cm³/mol. The van der Waals surface area contributed by atoms with Gasteiger partial charge in [-0.25, -0.2) is 0 Å². The van der Waals surface area contributed by atoms with Gasteiger partial charge in [-0.15, -0.1) is 0 Å². The Labute approximate surface area is 102 Å². The Hall–Kier alpha value is -1.60. The van der Waals surface area contributed by atoms with E-state index in [-0.39, 0.29) is 0 Å². The lowest BCUT2D eigenvalue weighted by atomic mass is 10.2. The van der Waals surface area contributed by atoms with Crippen molar-refractivity contribution in [1.29, 1.82) is 5.26 Å². The number of hydrogen-bond donors (Lipinski definition) is 1. The van der Waals surface area contributed by atoms with Crippen molar-refractivity contribution in [3.63, 3.8) is 0 Å². The van der Waals surface area contributed by atoms with Crippen LogP contribution in [0.25, 0.3) is 0 Å². The van der Waals surface area contributed by atoms with Crippen molar-refractivity contribution in [2.24, 2.45) is 0 Å². The Kier molecular flexibility index (Phi) is 4.34. The summed E-state index contributed by atoms with van der Waals surface area (Å²) in [7, 11) is 0. The molecule has 90 valence electrons. The van der Waals surface area contributed by atoms with E-state index < -0.39 is 0 Å². The van der Waals surface area contributed by atoms with Crippen molar-refractivity contribution in [1.82, 2.24) is 4.98 Å². The van der Waals surface area contributed by atoms with Crippen LogP contribution in [0, 0.1) is 11.3 Å². The molecule has 1 aliphatic carbocycles. The molecule has 0 amide bonds. The number of ether oxygens (including phenoxy) is 1. The largest absolute Gasteiger partial charge is 0.380 e. The second kappa shape index (κ2) is 6.21. The molecule has 1 N–H and O–H groups in total. The van der Waals surface area contributed by atoms with Gasteiger partial charge in [0.25, 0.3) is 0 Å². The van der Waals surface area contributed by atoms with Crippen molar-refractivity contribution >= 4 is 5.69 Å². The van der Waals surface area contributed by atoms with E-state index >= 15 is 0 Å². The molecule has 0 atom stereocenters. The zero-order valence-electron chi connectivity index (χ0n) is 9.85. The fourth-order valence-electron chi connectivity index (χ4n) is 2.10. The molecular formula is C13H17N3O. The maximum absolute atomic E-state index is 8.90. The minimum Gasteiger partial charge on any atom is -0.380 e. The second-order valence-electron chi connectivity index (χ2n) is 4.24. The third-order valence-electron chi connectivity index (χ3n) is 3.01. The molecule has 1 aromatic heterocycles. The van der Waals surface area contributed by atoms with E-state index in [9.17, 15) is 0 Å². The van der Waals surface area contributed by atoms with E-state index in [2.05, 4.69) is 16.4 Å². The van der Waals surface area contributed by atoms with Gasteiger partial charge in [-0.3, -0.25) is 4.98 Å². The van der Waals surface area contributed by atoms with Gasteiger partial charge in [0, 0.05) is 12.7 Å². The molecule has 1 heterocycles. The average Bonchev–Trinajstić information content (AvgIpc) is 2.88. The van der Waals surface area contributed by atoms with Crippen molar-refractivity contribution in [2.45, 2.75) is 31.8 Å². The number of nitrogens with one attached hydrogen (secondary N) is 1. The quantitative estimate of drug-likeness (QED) is 0.790. The standard InChI is InChI=1S/C13H17N3O/c14-9-11-5-6-15-10-13(11)16-7-8-17-12-3-1-2-4-12/h5-6,10,12,16H,1-4,7-8H2. The zero-order valence-corrected chi connectivity index (χ0v) is 9.85. The number of anilines is 1. The van der Waals surface area contributed by atoms with Crippen LogP contribution in [0.15, 0.2) is 18.5 Å². The highest BCUT2D eigenvalue weighted by molar-refractivity contribution is 5.55. The molecule has 1 aliphatic rings. The maximum Gasteiger partial charge on any atom is 0.101 e. The predicted octanol–water partition coefficient (Wildman–Crippen LogP) is 2.32. The normalized spacial score (nSPS) is 15.7. The highest BCUT2D eigenvalue weighted by Gasteiger charge is 2.14. The average molecular weight is 231 g/mol. The Balaban J connectivity index is 1.72. The molecule has 0 aliphatic heterocycles. The molecule has 0 bridgehead atoms. The minimum absolute atomic E-state index is 0.445. The zero-order chi connectivity index (χ0) is 11.9. The van der Waals surface area contributed by atoms with Gasteiger partial charge in [-0.05, 0) is 18.9 Å². The van der Waals surface area contributed by atoms with Crippen LogP contribution in [0.2, 0.25) is 0 Å². The van der Waals surface area contributed by atoms with Crippen LogP contribution in [0.1, 0.15) is 31.2 Å². The SMILES string of the molecule is N#Cc1ccncc1NCCOC1CCCC1. The van der Waals surface area contributed by atoms with Gasteiger partial charge >= 0.3 is 0 Å². The number of nitrogens with zero attached hydrogens (tertiary/aromatic N) is 2. The highest BCUT2D eigenvalue weighted by atomic mass is 16.5. The molecule has 0 unspecified atom stereocenters. The van der Waals surface area contributed by atoms with E-state index in [1.165, 1.54) is 25.7 Å². The fourth-order valence-corrected chi connectivity index (χ4v) is 2.10. The summed E-state index contributed by atoms with van der Waals surface area (Å²) in [5.41, 5.74) is 1.41. The highest BCUT2D eigenvalue weighted by Crippen LogP contribution is 2.20. The van der Waals surface area contributed by atoms with E-state index in [1.54, 1.807) is 18.5 Å². The van der Waals surface area contributed by atoms with E-state index in [4.69, 9.17) is 10.00 Å². The van der Waals surface area contributed by atoms with Gasteiger partial charge in [0.15, 0.2) is 0 Å². The van der Waals surface area contributed by atoms with E-state index in [0.717, 1.165) is 12.2 Å². The molecule has 17 heavy (non-hydrogen) atoms. The maximum atomic E-state index is 8.90. The lowest BCUT2D eigenvalue weighted by Gasteiger charge is -2.12. The summed E-state index contributed by atoms with van der Waals surface area (Å²) in [4.78, 5) is 4.00. The number of hydrogen-bond acceptors (Lipinski definition) is 4. The summed E-state index contributed by atoms with van der Waals surface area (Å²) in [5.74, 6) is 0. The lowest BCUT2D eigenvalue weighted by Crippen LogP contribution is -2.15. The smallest absolute Gasteiger partial charge is 0.101 e. The molecule has 2 rings (SSSR count). The first-order valence-electron chi connectivity index (χ1n) is 6.10. The Morgan fingerprint density at radius 1 is 1.47 bits per heavy atom. The van der Waals surface area contributed by atoms with E-state index in [1.807, 2.05) is 0 Å². The van der Waals surface area contributed by atoms with Crippen LogP contribution in [-0.4, -0.2) is 24.2 Å². The molecule has 4 nitrogen and oxygen atoms in total. The van der Waals surface area contributed by atoms with Crippen LogP contribution in [0.5, 0.6) is 0 Å². The molecule has 0 aromatic carbocycles. The first kappa shape index (κ1) is 11.9. The molecule has 4 heteroatoms. The summed E-state index contributed by atoms with van der Waals surface area (Å²) < 4.78 is 5.73. The molecule has 0 spiro atoms. The summed E-state index contributed by atoms with van der Waals surface area (Å²) >= 11 is 0. The molecule has 1 fully saturated rings. The first-order chi connectivity index (χ1) is 8.40. The van der Waals surface area contributed by atoms with Gasteiger partial charge in [0.05, 0.1) is 30.2 Å². The molecule has 1 saturated carbocycles. The monoisotopic (exact) mass is 231 g/mol. The molecule has 0 radical (unpaired) electrons. The minimum atomic E-state index is 0.445. The van der Waals surface area contributed by atoms with Crippen LogP contribution < -0.4 is 5.32 Å². The van der Waals surface area contributed by atoms with Crippen molar-refractivity contribution in [2.75, 3.05) is 18.5 Å². The van der Waals surface area contributed by atoms with Crippen molar-refractivity contribution in [3.8, 4) is 6.07 Å². The molecule has 0 saturated heterocycles. The van der Waals surface area contributed by atoms with Crippen LogP contribution in [-0.2, 0) is 4.74 Å². The summed E-state index contributed by atoms with van der Waals surface area (Å²) in [5, 5.41) is 12.1. The topological polar surface area (TPSA) is 57.9 Å². The summed E-state index contributed by atoms with van der Waals surface area (Å²) in [6.07, 6.45) is 8.71. The van der Waals surface area contributed by atoms with Crippen LogP contribution in [0.4, 0.5) is 5.69 Å². The van der Waals surface area contributed by atoms with Crippen LogP contribution in [0.3, 0.4) is 0 Å². The summed E-state index contributed by atoms with van der Waals surface area (Å²) in [6.45, 7) is 1.40. The van der Waals surface area contributed by atoms with Crippen molar-refractivity contribution in [3.05, 3.63) is 24.0 Å². The molecule has 1 aromatic rings. The number of nitriles is 1. The third-order valence-corrected chi connectivity index (χ3v) is 3.01. The van der Waals surface area contributed by atoms with Gasteiger partial charge < -0.3 is 10.1 Å².